The van der Waals surface area contributed by atoms with Crippen molar-refractivity contribution in [1.29, 1.82) is 0 Å². The number of hydrogen-bond donors (Lipinski definition) is 2. The fourth-order valence-electron chi connectivity index (χ4n) is 2.37. The van der Waals surface area contributed by atoms with Gasteiger partial charge < -0.3 is 16.0 Å². The molecule has 0 radical (unpaired) electrons. The van der Waals surface area contributed by atoms with E-state index in [1.54, 1.807) is 18.2 Å². The summed E-state index contributed by atoms with van der Waals surface area (Å²) in [6, 6.07) is 5.02. The normalized spacial score (nSPS) is 18.3. The van der Waals surface area contributed by atoms with Crippen LogP contribution in [0.25, 0.3) is 0 Å². The molecule has 0 aromatic heterocycles. The maximum atomic E-state index is 11.9. The average molecular weight is 353 g/mol. The molecular weight excluding hydrogens is 333 g/mol. The maximum absolute atomic E-state index is 11.9. The number of halogens is 3. The van der Waals surface area contributed by atoms with Gasteiger partial charge in [-0.1, -0.05) is 23.2 Å². The van der Waals surface area contributed by atoms with Crippen LogP contribution in [0.2, 0.25) is 10.0 Å². The maximum Gasteiger partial charge on any atom is 0.225 e. The molecule has 1 amide bonds. The molecule has 0 bridgehead atoms. The number of nitrogens with two attached hydrogens (primary N) is 1. The van der Waals surface area contributed by atoms with E-state index in [0.29, 0.717) is 28.1 Å². The van der Waals surface area contributed by atoms with Crippen molar-refractivity contribution in [1.82, 2.24) is 4.90 Å². The van der Waals surface area contributed by atoms with E-state index < -0.39 is 0 Å². The molecule has 0 saturated carbocycles. The lowest BCUT2D eigenvalue weighted by Crippen LogP contribution is -2.27. The third kappa shape index (κ3) is 5.64. The Labute approximate surface area is 141 Å². The van der Waals surface area contributed by atoms with E-state index in [1.165, 1.54) is 0 Å². The second-order valence-electron chi connectivity index (χ2n) is 5.11. The zero-order valence-electron chi connectivity index (χ0n) is 11.6. The first-order valence-electron chi connectivity index (χ1n) is 6.76. The zero-order chi connectivity index (χ0) is 14.5. The number of nitrogens with zero attached hydrogens (tertiary/aromatic N) is 1. The van der Waals surface area contributed by atoms with Crippen LogP contribution in [0.4, 0.5) is 5.69 Å². The third-order valence-electron chi connectivity index (χ3n) is 3.56. The number of benzene rings is 1. The minimum atomic E-state index is -0.0506. The van der Waals surface area contributed by atoms with Gasteiger partial charge in [0, 0.05) is 24.5 Å². The first-order chi connectivity index (χ1) is 9.58. The number of hydrogen-bond acceptors (Lipinski definition) is 3. The lowest BCUT2D eigenvalue weighted by atomic mass is 10.1. The van der Waals surface area contributed by atoms with Gasteiger partial charge in [0.25, 0.3) is 0 Å². The second kappa shape index (κ2) is 8.81. The summed E-state index contributed by atoms with van der Waals surface area (Å²) >= 11 is 11.9. The van der Waals surface area contributed by atoms with Crippen molar-refractivity contribution in [2.75, 3.05) is 31.5 Å². The molecule has 0 spiro atoms. The number of carbonyl (C=O) groups excluding carboxylic acids is 1. The van der Waals surface area contributed by atoms with Crippen LogP contribution in [-0.4, -0.2) is 37.0 Å². The Kier molecular flexibility index (Phi) is 7.77. The highest BCUT2D eigenvalue weighted by Gasteiger charge is 2.21. The Bertz CT molecular complexity index is 485. The number of nitrogens with one attached hydrogen (secondary N) is 1. The average Bonchev–Trinajstić information content (AvgIpc) is 2.89. The summed E-state index contributed by atoms with van der Waals surface area (Å²) in [5.41, 5.74) is 6.21. The quantitative estimate of drug-likeness (QED) is 0.856. The Morgan fingerprint density at radius 1 is 1.43 bits per heavy atom. The highest BCUT2D eigenvalue weighted by Crippen LogP contribution is 2.25. The zero-order valence-corrected chi connectivity index (χ0v) is 14.0. The molecule has 1 heterocycles. The standard InChI is InChI=1S/C14H19Cl2N3O.ClH/c15-11-1-2-12(16)13(7-11)18-14(20)4-6-19-5-3-10(8-17)9-19;/h1-2,7,10H,3-6,8-9,17H2,(H,18,20);1H. The fourth-order valence-corrected chi connectivity index (χ4v) is 2.71. The lowest BCUT2D eigenvalue weighted by Gasteiger charge is -2.15. The van der Waals surface area contributed by atoms with Crippen molar-refractivity contribution in [3.05, 3.63) is 28.2 Å². The number of carbonyl (C=O) groups is 1. The molecule has 7 heteroatoms. The lowest BCUT2D eigenvalue weighted by molar-refractivity contribution is -0.116. The van der Waals surface area contributed by atoms with Crippen molar-refractivity contribution in [3.8, 4) is 0 Å². The SMILES string of the molecule is Cl.NCC1CCN(CCC(=O)Nc2cc(Cl)ccc2Cl)C1. The van der Waals surface area contributed by atoms with Gasteiger partial charge in [0.15, 0.2) is 0 Å². The summed E-state index contributed by atoms with van der Waals surface area (Å²) in [7, 11) is 0. The van der Waals surface area contributed by atoms with E-state index >= 15 is 0 Å². The summed E-state index contributed by atoms with van der Waals surface area (Å²) < 4.78 is 0. The minimum absolute atomic E-state index is 0. The van der Waals surface area contributed by atoms with Crippen molar-refractivity contribution < 1.29 is 4.79 Å². The third-order valence-corrected chi connectivity index (χ3v) is 4.13. The van der Waals surface area contributed by atoms with Crippen molar-refractivity contribution in [3.63, 3.8) is 0 Å². The van der Waals surface area contributed by atoms with Gasteiger partial charge in [-0.2, -0.15) is 0 Å². The second-order valence-corrected chi connectivity index (χ2v) is 5.96. The summed E-state index contributed by atoms with van der Waals surface area (Å²) in [5.74, 6) is 0.519. The molecule has 1 aromatic carbocycles. The van der Waals surface area contributed by atoms with Crippen LogP contribution in [-0.2, 0) is 4.79 Å². The molecule has 118 valence electrons. The summed E-state index contributed by atoms with van der Waals surface area (Å²) in [6.07, 6.45) is 1.57. The molecule has 2 rings (SSSR count). The van der Waals surface area contributed by atoms with Gasteiger partial charge >= 0.3 is 0 Å². The van der Waals surface area contributed by atoms with E-state index in [0.717, 1.165) is 32.6 Å². The number of amides is 1. The van der Waals surface area contributed by atoms with E-state index in [2.05, 4.69) is 10.2 Å². The van der Waals surface area contributed by atoms with Crippen LogP contribution in [0, 0.1) is 5.92 Å². The summed E-state index contributed by atoms with van der Waals surface area (Å²) in [4.78, 5) is 14.2. The molecule has 1 aromatic rings. The van der Waals surface area contributed by atoms with Gasteiger partial charge in [-0.25, -0.2) is 0 Å². The van der Waals surface area contributed by atoms with Gasteiger partial charge in [0.1, 0.15) is 0 Å². The summed E-state index contributed by atoms with van der Waals surface area (Å²) in [5, 5.41) is 3.84. The van der Waals surface area contributed by atoms with Gasteiger partial charge in [0.05, 0.1) is 10.7 Å². The van der Waals surface area contributed by atoms with Gasteiger partial charge in [0.2, 0.25) is 5.91 Å². The van der Waals surface area contributed by atoms with Crippen molar-refractivity contribution >= 4 is 47.2 Å². The van der Waals surface area contributed by atoms with Gasteiger partial charge in [-0.05, 0) is 43.6 Å². The highest BCUT2D eigenvalue weighted by molar-refractivity contribution is 6.35. The first kappa shape index (κ1) is 18.5. The smallest absolute Gasteiger partial charge is 0.225 e. The van der Waals surface area contributed by atoms with Crippen LogP contribution >= 0.6 is 35.6 Å². The van der Waals surface area contributed by atoms with E-state index in [-0.39, 0.29) is 18.3 Å². The molecule has 4 nitrogen and oxygen atoms in total. The van der Waals surface area contributed by atoms with E-state index in [1.807, 2.05) is 0 Å². The highest BCUT2D eigenvalue weighted by atomic mass is 35.5. The van der Waals surface area contributed by atoms with Gasteiger partial charge in [-0.15, -0.1) is 12.4 Å². The van der Waals surface area contributed by atoms with Crippen LogP contribution in [0.5, 0.6) is 0 Å². The number of likely N-dealkylation sites (tertiary alicyclic amines) is 1. The molecule has 1 aliphatic heterocycles. The Balaban J connectivity index is 0.00000220. The van der Waals surface area contributed by atoms with Crippen molar-refractivity contribution in [2.45, 2.75) is 12.8 Å². The van der Waals surface area contributed by atoms with Crippen LogP contribution < -0.4 is 11.1 Å². The van der Waals surface area contributed by atoms with Gasteiger partial charge in [-0.3, -0.25) is 4.79 Å². The summed E-state index contributed by atoms with van der Waals surface area (Å²) in [6.45, 7) is 3.48. The predicted octanol–water partition coefficient (Wildman–Crippen LogP) is 3.02. The molecule has 1 saturated heterocycles. The van der Waals surface area contributed by atoms with Crippen LogP contribution in [0.15, 0.2) is 18.2 Å². The van der Waals surface area contributed by atoms with Crippen LogP contribution in [0.1, 0.15) is 12.8 Å². The molecule has 1 aliphatic rings. The first-order valence-corrected chi connectivity index (χ1v) is 7.51. The minimum Gasteiger partial charge on any atom is -0.330 e. The Morgan fingerprint density at radius 3 is 2.86 bits per heavy atom. The molecule has 21 heavy (non-hydrogen) atoms. The van der Waals surface area contributed by atoms with E-state index in [4.69, 9.17) is 28.9 Å². The monoisotopic (exact) mass is 351 g/mol. The van der Waals surface area contributed by atoms with E-state index in [9.17, 15) is 4.79 Å². The topological polar surface area (TPSA) is 58.4 Å². The Hall–Kier alpha value is -0.520. The molecule has 3 N–H and O–H groups in total. The molecule has 1 fully saturated rings. The molecular formula is C14H20Cl3N3O. The molecule has 0 aliphatic carbocycles. The number of anilines is 1. The Morgan fingerprint density at radius 2 is 2.19 bits per heavy atom. The number of rotatable bonds is 5. The fraction of sp³-hybridized carbons (Fsp3) is 0.500. The molecule has 1 unspecified atom stereocenters. The molecule has 1 atom stereocenters. The van der Waals surface area contributed by atoms with Crippen LogP contribution in [0.3, 0.4) is 0 Å². The van der Waals surface area contributed by atoms with Crippen molar-refractivity contribution in [2.24, 2.45) is 11.7 Å². The predicted molar refractivity (Wildman–Crippen MR) is 90.6 cm³/mol. The largest absolute Gasteiger partial charge is 0.330 e.